The van der Waals surface area contributed by atoms with Crippen molar-refractivity contribution >= 4 is 33.4 Å². The average molecular weight is 342 g/mol. The van der Waals surface area contributed by atoms with Crippen LogP contribution in [0.2, 0.25) is 0 Å². The fraction of sp³-hybridized carbons (Fsp3) is 0.533. The van der Waals surface area contributed by atoms with Crippen molar-refractivity contribution in [2.24, 2.45) is 5.92 Å². The minimum absolute atomic E-state index is 0.0213. The minimum Gasteiger partial charge on any atom is -0.325 e. The quantitative estimate of drug-likeness (QED) is 0.859. The number of benzene rings is 1. The molecule has 5 nitrogen and oxygen atoms in total. The standard InChI is InChI=1S/C15H22N2O3S2/c1-22(19,20)17-9-5-6-13(10-17)11-21-12-15(18)16-14-7-3-2-4-8-14/h2-4,7-8,13H,5-6,9-12H2,1H3,(H,16,18). The second-order valence-electron chi connectivity index (χ2n) is 5.56. The van der Waals surface area contributed by atoms with E-state index in [2.05, 4.69) is 5.32 Å². The topological polar surface area (TPSA) is 66.5 Å². The molecule has 1 aromatic rings. The third-order valence-corrected chi connectivity index (χ3v) is 6.04. The molecule has 0 aliphatic carbocycles. The first-order valence-electron chi connectivity index (χ1n) is 7.33. The molecule has 0 spiro atoms. The maximum absolute atomic E-state index is 11.8. The number of piperidine rings is 1. The number of nitrogens with zero attached hydrogens (tertiary/aromatic N) is 1. The van der Waals surface area contributed by atoms with E-state index >= 15 is 0 Å². The molecule has 0 radical (unpaired) electrons. The number of carbonyl (C=O) groups is 1. The highest BCUT2D eigenvalue weighted by Gasteiger charge is 2.25. The highest BCUT2D eigenvalue weighted by atomic mass is 32.2. The number of anilines is 1. The van der Waals surface area contributed by atoms with Gasteiger partial charge >= 0.3 is 0 Å². The van der Waals surface area contributed by atoms with Crippen LogP contribution >= 0.6 is 11.8 Å². The van der Waals surface area contributed by atoms with Crippen LogP contribution in [-0.4, -0.2) is 49.5 Å². The molecule has 0 saturated carbocycles. The molecule has 1 N–H and O–H groups in total. The van der Waals surface area contributed by atoms with E-state index in [4.69, 9.17) is 0 Å². The van der Waals surface area contributed by atoms with Crippen LogP contribution in [0, 0.1) is 5.92 Å². The van der Waals surface area contributed by atoms with Crippen LogP contribution in [0.4, 0.5) is 5.69 Å². The van der Waals surface area contributed by atoms with Gasteiger partial charge in [-0.25, -0.2) is 12.7 Å². The highest BCUT2D eigenvalue weighted by molar-refractivity contribution is 7.99. The molecule has 1 aliphatic rings. The van der Waals surface area contributed by atoms with Gasteiger partial charge in [-0.3, -0.25) is 4.79 Å². The molecule has 0 aromatic heterocycles. The van der Waals surface area contributed by atoms with Gasteiger partial charge in [0.15, 0.2) is 0 Å². The molecule has 1 amide bonds. The Kier molecular flexibility index (Phi) is 6.28. The largest absolute Gasteiger partial charge is 0.325 e. The van der Waals surface area contributed by atoms with Gasteiger partial charge in [0.1, 0.15) is 0 Å². The molecule has 2 rings (SSSR count). The predicted octanol–water partition coefficient (Wildman–Crippen LogP) is 2.03. The lowest BCUT2D eigenvalue weighted by Gasteiger charge is -2.30. The van der Waals surface area contributed by atoms with Crippen LogP contribution in [0.5, 0.6) is 0 Å². The lowest BCUT2D eigenvalue weighted by atomic mass is 10.0. The van der Waals surface area contributed by atoms with Gasteiger partial charge in [-0.15, -0.1) is 0 Å². The molecule has 1 aliphatic heterocycles. The van der Waals surface area contributed by atoms with E-state index in [9.17, 15) is 13.2 Å². The number of nitrogens with one attached hydrogen (secondary N) is 1. The van der Waals surface area contributed by atoms with E-state index in [0.29, 0.717) is 24.8 Å². The number of hydrogen-bond donors (Lipinski definition) is 1. The number of sulfonamides is 1. The Morgan fingerprint density at radius 1 is 1.36 bits per heavy atom. The first kappa shape index (κ1) is 17.3. The summed E-state index contributed by atoms with van der Waals surface area (Å²) in [6, 6.07) is 9.37. The van der Waals surface area contributed by atoms with Gasteiger partial charge in [0.2, 0.25) is 15.9 Å². The average Bonchev–Trinajstić information content (AvgIpc) is 2.48. The normalized spacial score (nSPS) is 19.8. The maximum atomic E-state index is 11.8. The fourth-order valence-electron chi connectivity index (χ4n) is 2.50. The summed E-state index contributed by atoms with van der Waals surface area (Å²) in [7, 11) is -3.10. The van der Waals surface area contributed by atoms with Crippen molar-refractivity contribution in [3.63, 3.8) is 0 Å². The summed E-state index contributed by atoms with van der Waals surface area (Å²) in [5.41, 5.74) is 0.800. The van der Waals surface area contributed by atoms with Gasteiger partial charge in [-0.1, -0.05) is 18.2 Å². The van der Waals surface area contributed by atoms with Gasteiger partial charge in [0.05, 0.1) is 12.0 Å². The number of amides is 1. The van der Waals surface area contributed by atoms with Crippen LogP contribution < -0.4 is 5.32 Å². The maximum Gasteiger partial charge on any atom is 0.234 e. The number of carbonyl (C=O) groups excluding carboxylic acids is 1. The van der Waals surface area contributed by atoms with Crippen LogP contribution in [0.1, 0.15) is 12.8 Å². The first-order chi connectivity index (χ1) is 10.4. The Morgan fingerprint density at radius 2 is 2.09 bits per heavy atom. The zero-order valence-electron chi connectivity index (χ0n) is 12.7. The smallest absolute Gasteiger partial charge is 0.234 e. The molecule has 1 atom stereocenters. The molecule has 22 heavy (non-hydrogen) atoms. The summed E-state index contributed by atoms with van der Waals surface area (Å²) in [5.74, 6) is 1.52. The first-order valence-corrected chi connectivity index (χ1v) is 10.3. The van der Waals surface area contributed by atoms with Crippen molar-refractivity contribution in [3.8, 4) is 0 Å². The number of rotatable bonds is 6. The molecule has 1 fully saturated rings. The number of hydrogen-bond acceptors (Lipinski definition) is 4. The molecular formula is C15H22N2O3S2. The molecule has 7 heteroatoms. The second-order valence-corrected chi connectivity index (χ2v) is 8.57. The van der Waals surface area contributed by atoms with Crippen molar-refractivity contribution in [2.45, 2.75) is 12.8 Å². The van der Waals surface area contributed by atoms with Crippen molar-refractivity contribution in [2.75, 3.05) is 36.2 Å². The van der Waals surface area contributed by atoms with Crippen LogP contribution in [0.3, 0.4) is 0 Å². The predicted molar refractivity (Wildman–Crippen MR) is 91.5 cm³/mol. The van der Waals surface area contributed by atoms with Crippen molar-refractivity contribution < 1.29 is 13.2 Å². The van der Waals surface area contributed by atoms with Crippen molar-refractivity contribution in [1.82, 2.24) is 4.31 Å². The summed E-state index contributed by atoms with van der Waals surface area (Å²) >= 11 is 1.57. The second kappa shape index (κ2) is 7.99. The van der Waals surface area contributed by atoms with Gasteiger partial charge < -0.3 is 5.32 Å². The molecular weight excluding hydrogens is 320 g/mol. The Labute approximate surface area is 136 Å². The SMILES string of the molecule is CS(=O)(=O)N1CCCC(CSCC(=O)Nc2ccccc2)C1. The summed E-state index contributed by atoms with van der Waals surface area (Å²) in [6.07, 6.45) is 3.18. The minimum atomic E-state index is -3.10. The van der Waals surface area contributed by atoms with Crippen LogP contribution in [0.15, 0.2) is 30.3 Å². The van der Waals surface area contributed by atoms with Crippen molar-refractivity contribution in [1.29, 1.82) is 0 Å². The monoisotopic (exact) mass is 342 g/mol. The molecule has 1 saturated heterocycles. The molecule has 122 valence electrons. The zero-order valence-corrected chi connectivity index (χ0v) is 14.3. The fourth-order valence-corrected chi connectivity index (χ4v) is 4.42. The van der Waals surface area contributed by atoms with E-state index in [-0.39, 0.29) is 5.91 Å². The van der Waals surface area contributed by atoms with E-state index in [1.54, 1.807) is 16.1 Å². The Bertz CT molecular complexity index is 590. The third kappa shape index (κ3) is 5.62. The van der Waals surface area contributed by atoms with E-state index in [0.717, 1.165) is 24.3 Å². The summed E-state index contributed by atoms with van der Waals surface area (Å²) in [4.78, 5) is 11.8. The highest BCUT2D eigenvalue weighted by Crippen LogP contribution is 2.22. The number of para-hydroxylation sites is 1. The zero-order chi connectivity index (χ0) is 16.0. The molecule has 1 heterocycles. The van der Waals surface area contributed by atoms with Gasteiger partial charge in [-0.05, 0) is 36.6 Å². The number of thioether (sulfide) groups is 1. The van der Waals surface area contributed by atoms with Gasteiger partial charge in [0.25, 0.3) is 0 Å². The van der Waals surface area contributed by atoms with Gasteiger partial charge in [-0.2, -0.15) is 11.8 Å². The van der Waals surface area contributed by atoms with Crippen molar-refractivity contribution in [3.05, 3.63) is 30.3 Å². The summed E-state index contributed by atoms with van der Waals surface area (Å²) < 4.78 is 24.7. The van der Waals surface area contributed by atoms with Crippen LogP contribution in [0.25, 0.3) is 0 Å². The molecule has 1 unspecified atom stereocenters. The third-order valence-electron chi connectivity index (χ3n) is 3.59. The van der Waals surface area contributed by atoms with Crippen LogP contribution in [-0.2, 0) is 14.8 Å². The molecule has 1 aromatic carbocycles. The van der Waals surface area contributed by atoms with E-state index in [1.165, 1.54) is 6.26 Å². The molecule has 0 bridgehead atoms. The lowest BCUT2D eigenvalue weighted by molar-refractivity contribution is -0.113. The van der Waals surface area contributed by atoms with E-state index in [1.807, 2.05) is 30.3 Å². The Morgan fingerprint density at radius 3 is 2.77 bits per heavy atom. The Balaban J connectivity index is 1.71. The summed E-state index contributed by atoms with van der Waals surface area (Å²) in [6.45, 7) is 1.20. The lowest BCUT2D eigenvalue weighted by Crippen LogP contribution is -2.40. The Hall–Kier alpha value is -1.05. The summed E-state index contributed by atoms with van der Waals surface area (Å²) in [5, 5.41) is 2.85. The van der Waals surface area contributed by atoms with Gasteiger partial charge in [0, 0.05) is 18.8 Å². The van der Waals surface area contributed by atoms with E-state index < -0.39 is 10.0 Å².